The van der Waals surface area contributed by atoms with Gasteiger partial charge in [0.25, 0.3) is 10.0 Å². The molecule has 0 radical (unpaired) electrons. The van der Waals surface area contributed by atoms with E-state index in [-0.39, 0.29) is 29.8 Å². The number of hydrogen-bond acceptors (Lipinski definition) is 7. The second-order valence-electron chi connectivity index (χ2n) is 9.98. The van der Waals surface area contributed by atoms with Crippen LogP contribution < -0.4 is 10.6 Å². The smallest absolute Gasteiger partial charge is 0.260 e. The van der Waals surface area contributed by atoms with Crippen molar-refractivity contribution in [2.45, 2.75) is 87.4 Å². The topological polar surface area (TPSA) is 135 Å². The molecule has 198 valence electrons. The number of nitrogens with zero attached hydrogens (tertiary/aromatic N) is 2. The van der Waals surface area contributed by atoms with Crippen LogP contribution >= 0.6 is 0 Å². The molecule has 1 aliphatic carbocycles. The zero-order valence-electron chi connectivity index (χ0n) is 20.6. The highest BCUT2D eigenvalue weighted by molar-refractivity contribution is 7.89. The second-order valence-corrected chi connectivity index (χ2v) is 11.9. The van der Waals surface area contributed by atoms with Gasteiger partial charge in [0.1, 0.15) is 12.1 Å². The number of rotatable bonds is 8. The summed E-state index contributed by atoms with van der Waals surface area (Å²) in [5.74, 6) is -0.722. The van der Waals surface area contributed by atoms with Crippen molar-refractivity contribution in [2.75, 3.05) is 19.7 Å². The first-order chi connectivity index (χ1) is 17.3. The van der Waals surface area contributed by atoms with Crippen molar-refractivity contribution in [1.29, 1.82) is 0 Å². The van der Waals surface area contributed by atoms with Crippen LogP contribution in [0.5, 0.6) is 0 Å². The molecule has 1 aromatic heterocycles. The van der Waals surface area contributed by atoms with E-state index in [2.05, 4.69) is 15.6 Å². The van der Waals surface area contributed by atoms with Gasteiger partial charge in [-0.2, -0.15) is 4.31 Å². The second kappa shape index (κ2) is 12.2. The van der Waals surface area contributed by atoms with Crippen molar-refractivity contribution < 1.29 is 27.5 Å². The fraction of sp³-hybridized carbons (Fsp3) is 0.680. The summed E-state index contributed by atoms with van der Waals surface area (Å²) in [5, 5.41) is 5.60. The van der Waals surface area contributed by atoms with Crippen LogP contribution in [0.4, 0.5) is 0 Å². The molecule has 4 rings (SSSR count). The van der Waals surface area contributed by atoms with E-state index in [1.54, 1.807) is 12.1 Å². The van der Waals surface area contributed by atoms with Gasteiger partial charge in [0.05, 0.1) is 12.6 Å². The molecule has 10 nitrogen and oxygen atoms in total. The third-order valence-corrected chi connectivity index (χ3v) is 9.09. The Morgan fingerprint density at radius 1 is 1.08 bits per heavy atom. The first-order valence-corrected chi connectivity index (χ1v) is 14.4. The molecule has 2 unspecified atom stereocenters. The highest BCUT2D eigenvalue weighted by atomic mass is 32.2. The fourth-order valence-corrected chi connectivity index (χ4v) is 6.67. The highest BCUT2D eigenvalue weighted by Crippen LogP contribution is 2.28. The normalized spacial score (nSPS) is 25.2. The average Bonchev–Trinajstić information content (AvgIpc) is 3.36. The van der Waals surface area contributed by atoms with Gasteiger partial charge >= 0.3 is 0 Å². The number of pyridine rings is 1. The summed E-state index contributed by atoms with van der Waals surface area (Å²) in [6.45, 7) is 0.365. The molecular weight excluding hydrogens is 484 g/mol. The lowest BCUT2D eigenvalue weighted by Crippen LogP contribution is -2.54. The Labute approximate surface area is 212 Å². The lowest BCUT2D eigenvalue weighted by atomic mass is 9.84. The predicted molar refractivity (Wildman–Crippen MR) is 131 cm³/mol. The molecule has 2 N–H and O–H groups in total. The summed E-state index contributed by atoms with van der Waals surface area (Å²) in [4.78, 5) is 43.0. The summed E-state index contributed by atoms with van der Waals surface area (Å²) in [7, 11) is -3.91. The van der Waals surface area contributed by atoms with E-state index in [0.717, 1.165) is 36.4 Å². The molecule has 11 heteroatoms. The summed E-state index contributed by atoms with van der Waals surface area (Å²) >= 11 is 0. The third-order valence-electron chi connectivity index (χ3n) is 7.33. The maximum atomic E-state index is 13.3. The maximum absolute atomic E-state index is 13.3. The summed E-state index contributed by atoms with van der Waals surface area (Å²) in [5.41, 5.74) is 0. The SMILES string of the molecule is O=C1CN(S(=O)(=O)c2ccccn2)CCCC1NC(=O)C(CC1CCCCC1)NC(=O)[C@H]1CCCO1. The number of Topliss-reactive ketones (excluding diaryl/α,β-unsaturated/α-hetero) is 1. The zero-order valence-corrected chi connectivity index (χ0v) is 21.4. The van der Waals surface area contributed by atoms with Crippen LogP contribution in [0.1, 0.15) is 64.2 Å². The van der Waals surface area contributed by atoms with E-state index >= 15 is 0 Å². The molecule has 0 aromatic carbocycles. The molecule has 3 atom stereocenters. The van der Waals surface area contributed by atoms with Crippen LogP contribution in [0.25, 0.3) is 0 Å². The van der Waals surface area contributed by atoms with Crippen molar-refractivity contribution in [3.8, 4) is 0 Å². The van der Waals surface area contributed by atoms with E-state index in [1.165, 1.54) is 18.7 Å². The van der Waals surface area contributed by atoms with Gasteiger partial charge in [0.2, 0.25) is 11.8 Å². The standard InChI is InChI=1S/C25H36N4O6S/c30-21-17-29(36(33,34)23-12-4-5-13-26-23)14-6-10-19(21)27-24(31)20(16-18-8-2-1-3-9-18)28-25(32)22-11-7-15-35-22/h4-5,12-13,18-20,22H,1-3,6-11,14-17H2,(H,27,31)(H,28,32)/t19?,20?,22-/m1/s1. The lowest BCUT2D eigenvalue weighted by Gasteiger charge is -2.28. The number of hydrogen-bond donors (Lipinski definition) is 2. The molecular formula is C25H36N4O6S. The number of nitrogens with one attached hydrogen (secondary N) is 2. The van der Waals surface area contributed by atoms with Crippen LogP contribution in [-0.4, -0.2) is 73.2 Å². The van der Waals surface area contributed by atoms with Crippen molar-refractivity contribution in [3.63, 3.8) is 0 Å². The first kappa shape index (κ1) is 26.7. The van der Waals surface area contributed by atoms with Gasteiger partial charge < -0.3 is 15.4 Å². The Kier molecular flexibility index (Phi) is 9.08. The lowest BCUT2D eigenvalue weighted by molar-refractivity contribution is -0.135. The molecule has 2 amide bonds. The van der Waals surface area contributed by atoms with Crippen molar-refractivity contribution >= 4 is 27.6 Å². The van der Waals surface area contributed by atoms with Crippen molar-refractivity contribution in [2.24, 2.45) is 5.92 Å². The van der Waals surface area contributed by atoms with E-state index in [0.29, 0.717) is 38.2 Å². The maximum Gasteiger partial charge on any atom is 0.260 e. The summed E-state index contributed by atoms with van der Waals surface area (Å²) < 4.78 is 32.5. The molecule has 3 heterocycles. The zero-order chi connectivity index (χ0) is 25.5. The monoisotopic (exact) mass is 520 g/mol. The van der Waals surface area contributed by atoms with Crippen LogP contribution in [0.15, 0.2) is 29.4 Å². The van der Waals surface area contributed by atoms with Crippen molar-refractivity contribution in [1.82, 2.24) is 19.9 Å². The van der Waals surface area contributed by atoms with Gasteiger partial charge in [-0.25, -0.2) is 13.4 Å². The van der Waals surface area contributed by atoms with Crippen molar-refractivity contribution in [3.05, 3.63) is 24.4 Å². The minimum absolute atomic E-state index is 0.107. The number of ketones is 1. The van der Waals surface area contributed by atoms with Gasteiger partial charge in [-0.15, -0.1) is 0 Å². The molecule has 2 aliphatic heterocycles. The molecule has 1 aromatic rings. The number of carbonyl (C=O) groups excluding carboxylic acids is 3. The third kappa shape index (κ3) is 6.68. The van der Waals surface area contributed by atoms with E-state index in [1.807, 2.05) is 0 Å². The van der Waals surface area contributed by atoms with Crippen LogP contribution in [0, 0.1) is 5.92 Å². The Morgan fingerprint density at radius 3 is 2.58 bits per heavy atom. The van der Waals surface area contributed by atoms with Gasteiger partial charge in [-0.05, 0) is 50.2 Å². The highest BCUT2D eigenvalue weighted by Gasteiger charge is 2.36. The number of ether oxygens (including phenoxy) is 1. The Hall–Kier alpha value is -2.37. The number of carbonyl (C=O) groups is 3. The molecule has 2 saturated heterocycles. The predicted octanol–water partition coefficient (Wildman–Crippen LogP) is 1.55. The Bertz CT molecular complexity index is 1020. The Balaban J connectivity index is 1.41. The largest absolute Gasteiger partial charge is 0.368 e. The van der Waals surface area contributed by atoms with Gasteiger partial charge in [0.15, 0.2) is 10.8 Å². The minimum Gasteiger partial charge on any atom is -0.368 e. The minimum atomic E-state index is -3.91. The van der Waals surface area contributed by atoms with E-state index in [9.17, 15) is 22.8 Å². The van der Waals surface area contributed by atoms with E-state index < -0.39 is 34.1 Å². The molecule has 3 aliphatic rings. The summed E-state index contributed by atoms with van der Waals surface area (Å²) in [6.07, 6.45) is 8.99. The molecule has 1 saturated carbocycles. The van der Waals surface area contributed by atoms with Crippen LogP contribution in [-0.2, 0) is 29.1 Å². The summed E-state index contributed by atoms with van der Waals surface area (Å²) in [6, 6.07) is 3.04. The van der Waals surface area contributed by atoms with E-state index in [4.69, 9.17) is 4.74 Å². The number of amides is 2. The first-order valence-electron chi connectivity index (χ1n) is 13.0. The molecule has 0 spiro atoms. The molecule has 3 fully saturated rings. The van der Waals surface area contributed by atoms with Crippen LogP contribution in [0.3, 0.4) is 0 Å². The van der Waals surface area contributed by atoms with Crippen LogP contribution in [0.2, 0.25) is 0 Å². The average molecular weight is 521 g/mol. The fourth-order valence-electron chi connectivity index (χ4n) is 5.29. The van der Waals surface area contributed by atoms with Gasteiger partial charge in [-0.1, -0.05) is 38.2 Å². The number of sulfonamides is 1. The quantitative estimate of drug-likeness (QED) is 0.531. The number of aromatic nitrogens is 1. The van der Waals surface area contributed by atoms with Gasteiger partial charge in [0, 0.05) is 19.3 Å². The Morgan fingerprint density at radius 2 is 1.89 bits per heavy atom. The molecule has 36 heavy (non-hydrogen) atoms. The van der Waals surface area contributed by atoms with Gasteiger partial charge in [-0.3, -0.25) is 14.4 Å². The molecule has 0 bridgehead atoms.